The maximum absolute atomic E-state index is 10.9. The Kier molecular flexibility index (Phi) is 4.22. The first kappa shape index (κ1) is 15.4. The molecule has 0 unspecified atom stereocenters. The van der Waals surface area contributed by atoms with Gasteiger partial charge in [0.1, 0.15) is 5.82 Å². The van der Waals surface area contributed by atoms with Crippen LogP contribution in [0, 0.1) is 10.1 Å². The highest BCUT2D eigenvalue weighted by Crippen LogP contribution is 2.26. The summed E-state index contributed by atoms with van der Waals surface area (Å²) in [5.74, 6) is 0.492. The molecule has 0 amide bonds. The molecule has 0 bridgehead atoms. The van der Waals surface area contributed by atoms with Crippen LogP contribution in [0.25, 0.3) is 0 Å². The molecule has 0 aliphatic carbocycles. The lowest BCUT2D eigenvalue weighted by Gasteiger charge is -2.14. The highest BCUT2D eigenvalue weighted by Gasteiger charge is 2.18. The molecule has 0 saturated carbocycles. The Morgan fingerprint density at radius 1 is 1.33 bits per heavy atom. The summed E-state index contributed by atoms with van der Waals surface area (Å²) >= 11 is 1.56. The van der Waals surface area contributed by atoms with Crippen molar-refractivity contribution in [2.45, 2.75) is 32.6 Å². The number of anilines is 1. The van der Waals surface area contributed by atoms with E-state index in [1.54, 1.807) is 18.4 Å². The summed E-state index contributed by atoms with van der Waals surface area (Å²) in [6, 6.07) is 2.92. The predicted octanol–water partition coefficient (Wildman–Crippen LogP) is 3.38. The van der Waals surface area contributed by atoms with Crippen LogP contribution in [0.15, 0.2) is 17.5 Å². The molecule has 112 valence electrons. The van der Waals surface area contributed by atoms with E-state index in [1.807, 2.05) is 5.38 Å². The highest BCUT2D eigenvalue weighted by atomic mass is 32.1. The molecule has 21 heavy (non-hydrogen) atoms. The van der Waals surface area contributed by atoms with Crippen LogP contribution < -0.4 is 5.32 Å². The molecule has 2 aromatic rings. The van der Waals surface area contributed by atoms with Crippen LogP contribution in [0.1, 0.15) is 37.2 Å². The zero-order valence-corrected chi connectivity index (χ0v) is 13.3. The lowest BCUT2D eigenvalue weighted by atomic mass is 9.93. The minimum Gasteiger partial charge on any atom is -0.373 e. The molecule has 0 aliphatic heterocycles. The van der Waals surface area contributed by atoms with Crippen LogP contribution in [0.2, 0.25) is 0 Å². The van der Waals surface area contributed by atoms with Crippen molar-refractivity contribution in [3.8, 4) is 0 Å². The van der Waals surface area contributed by atoms with Crippen molar-refractivity contribution in [1.29, 1.82) is 0 Å². The first-order valence-electron chi connectivity index (χ1n) is 6.57. The molecule has 7 heteroatoms. The molecule has 0 aromatic carbocycles. The van der Waals surface area contributed by atoms with Crippen LogP contribution >= 0.6 is 11.3 Å². The first-order valence-corrected chi connectivity index (χ1v) is 7.45. The van der Waals surface area contributed by atoms with Gasteiger partial charge in [-0.05, 0) is 0 Å². The van der Waals surface area contributed by atoms with Gasteiger partial charge >= 0.3 is 0 Å². The van der Waals surface area contributed by atoms with Gasteiger partial charge in [0, 0.05) is 30.3 Å². The lowest BCUT2D eigenvalue weighted by Crippen LogP contribution is -2.11. The maximum atomic E-state index is 10.9. The van der Waals surface area contributed by atoms with E-state index in [2.05, 4.69) is 36.1 Å². The number of rotatable bonds is 4. The van der Waals surface area contributed by atoms with Crippen molar-refractivity contribution in [2.24, 2.45) is 0 Å². The van der Waals surface area contributed by atoms with E-state index >= 15 is 0 Å². The van der Waals surface area contributed by atoms with Gasteiger partial charge < -0.3 is 5.32 Å². The van der Waals surface area contributed by atoms with Gasteiger partial charge in [-0.1, -0.05) is 20.8 Å². The molecule has 0 atom stereocenters. The lowest BCUT2D eigenvalue weighted by molar-refractivity contribution is -0.384. The van der Waals surface area contributed by atoms with E-state index in [1.165, 1.54) is 12.1 Å². The zero-order chi connectivity index (χ0) is 15.6. The van der Waals surface area contributed by atoms with Crippen molar-refractivity contribution in [3.63, 3.8) is 0 Å². The molecule has 0 spiro atoms. The van der Waals surface area contributed by atoms with Crippen LogP contribution in [-0.4, -0.2) is 21.9 Å². The highest BCUT2D eigenvalue weighted by molar-refractivity contribution is 7.09. The van der Waals surface area contributed by atoms with Crippen LogP contribution in [0.5, 0.6) is 0 Å². The molecule has 0 saturated heterocycles. The minimum atomic E-state index is -0.408. The Balaban J connectivity index is 2.28. The van der Waals surface area contributed by atoms with Crippen LogP contribution in [0.3, 0.4) is 0 Å². The standard InChI is InChI=1S/C14H18N4O2S/c1-14(2,3)11-8-21-13(17-11)6-9-5-10(18(19)20)7-12(15-4)16-9/h5,7-8H,6H2,1-4H3,(H,15,16). The molecule has 2 heterocycles. The van der Waals surface area contributed by atoms with Gasteiger partial charge in [0.25, 0.3) is 5.69 Å². The van der Waals surface area contributed by atoms with Crippen molar-refractivity contribution in [2.75, 3.05) is 12.4 Å². The van der Waals surface area contributed by atoms with Crippen molar-refractivity contribution in [3.05, 3.63) is 44.0 Å². The summed E-state index contributed by atoms with van der Waals surface area (Å²) in [6.45, 7) is 6.32. The Bertz CT molecular complexity index is 661. The number of thiazole rings is 1. The fourth-order valence-electron chi connectivity index (χ4n) is 1.79. The van der Waals surface area contributed by atoms with Gasteiger partial charge in [0.05, 0.1) is 27.4 Å². The van der Waals surface area contributed by atoms with Crippen molar-refractivity contribution < 1.29 is 4.92 Å². The van der Waals surface area contributed by atoms with Gasteiger partial charge in [0.2, 0.25) is 0 Å². The Hall–Kier alpha value is -2.02. The second kappa shape index (κ2) is 5.77. The molecule has 2 rings (SSSR count). The van der Waals surface area contributed by atoms with Gasteiger partial charge in [-0.3, -0.25) is 10.1 Å². The monoisotopic (exact) mass is 306 g/mol. The van der Waals surface area contributed by atoms with Crippen molar-refractivity contribution in [1.82, 2.24) is 9.97 Å². The van der Waals surface area contributed by atoms with Crippen molar-refractivity contribution >= 4 is 22.8 Å². The SMILES string of the molecule is CNc1cc([N+](=O)[O-])cc(Cc2nc(C(C)(C)C)cs2)n1. The third kappa shape index (κ3) is 3.75. The number of nitro groups is 1. The van der Waals surface area contributed by atoms with Gasteiger partial charge in [-0.25, -0.2) is 9.97 Å². The number of nitrogens with zero attached hydrogens (tertiary/aromatic N) is 3. The number of pyridine rings is 1. The van der Waals surface area contributed by atoms with E-state index in [4.69, 9.17) is 0 Å². The number of hydrogen-bond donors (Lipinski definition) is 1. The topological polar surface area (TPSA) is 81.0 Å². The zero-order valence-electron chi connectivity index (χ0n) is 12.5. The third-order valence-corrected chi connectivity index (χ3v) is 3.83. The summed E-state index contributed by atoms with van der Waals surface area (Å²) < 4.78 is 0. The van der Waals surface area contributed by atoms with E-state index in [9.17, 15) is 10.1 Å². The smallest absolute Gasteiger partial charge is 0.274 e. The van der Waals surface area contributed by atoms with Gasteiger partial charge in [-0.2, -0.15) is 0 Å². The average molecular weight is 306 g/mol. The summed E-state index contributed by atoms with van der Waals surface area (Å²) in [5.41, 5.74) is 1.71. The maximum Gasteiger partial charge on any atom is 0.274 e. The van der Waals surface area contributed by atoms with E-state index < -0.39 is 4.92 Å². The fourth-order valence-corrected chi connectivity index (χ4v) is 2.82. The minimum absolute atomic E-state index is 0.000990. The normalized spacial score (nSPS) is 11.4. The summed E-state index contributed by atoms with van der Waals surface area (Å²) in [5, 5.41) is 16.7. The molecular weight excluding hydrogens is 288 g/mol. The second-order valence-corrected chi connectivity index (χ2v) is 6.70. The molecule has 0 aliphatic rings. The van der Waals surface area contributed by atoms with E-state index in [0.29, 0.717) is 17.9 Å². The summed E-state index contributed by atoms with van der Waals surface area (Å²) in [7, 11) is 1.69. The number of hydrogen-bond acceptors (Lipinski definition) is 6. The molecule has 1 N–H and O–H groups in total. The van der Waals surface area contributed by atoms with Crippen LogP contribution in [-0.2, 0) is 11.8 Å². The summed E-state index contributed by atoms with van der Waals surface area (Å²) in [6.07, 6.45) is 0.497. The molecule has 0 fully saturated rings. The largest absolute Gasteiger partial charge is 0.373 e. The van der Waals surface area contributed by atoms with Crippen LogP contribution in [0.4, 0.5) is 11.5 Å². The van der Waals surface area contributed by atoms with E-state index in [0.717, 1.165) is 10.7 Å². The van der Waals surface area contributed by atoms with Gasteiger partial charge in [-0.15, -0.1) is 11.3 Å². The second-order valence-electron chi connectivity index (χ2n) is 5.76. The quantitative estimate of drug-likeness (QED) is 0.692. The Labute approximate surface area is 127 Å². The third-order valence-electron chi connectivity index (χ3n) is 2.98. The number of nitrogens with one attached hydrogen (secondary N) is 1. The average Bonchev–Trinajstić information content (AvgIpc) is 2.86. The fraction of sp³-hybridized carbons (Fsp3) is 0.429. The van der Waals surface area contributed by atoms with E-state index in [-0.39, 0.29) is 11.1 Å². The molecular formula is C14H18N4O2S. The predicted molar refractivity (Wildman–Crippen MR) is 84.1 cm³/mol. The first-order chi connectivity index (χ1) is 9.79. The Morgan fingerprint density at radius 2 is 2.05 bits per heavy atom. The molecule has 2 aromatic heterocycles. The number of aromatic nitrogens is 2. The summed E-state index contributed by atoms with van der Waals surface area (Å²) in [4.78, 5) is 19.5. The molecule has 0 radical (unpaired) electrons. The Morgan fingerprint density at radius 3 is 2.57 bits per heavy atom. The molecule has 6 nitrogen and oxygen atoms in total. The van der Waals surface area contributed by atoms with Gasteiger partial charge in [0.15, 0.2) is 0 Å².